The molecule has 0 aromatic heterocycles. The molecule has 1 N–H and O–H groups in total. The van der Waals surface area contributed by atoms with Crippen molar-refractivity contribution in [2.75, 3.05) is 12.3 Å². The van der Waals surface area contributed by atoms with Crippen molar-refractivity contribution in [3.63, 3.8) is 0 Å². The van der Waals surface area contributed by atoms with E-state index < -0.39 is 6.10 Å². The molecule has 2 aromatic carbocycles. The first-order chi connectivity index (χ1) is 12.1. The van der Waals surface area contributed by atoms with Gasteiger partial charge in [0.15, 0.2) is 6.10 Å². The summed E-state index contributed by atoms with van der Waals surface area (Å²) in [5.74, 6) is 2.58. The Balaban J connectivity index is 1.69. The van der Waals surface area contributed by atoms with Gasteiger partial charge in [-0.25, -0.2) is 0 Å². The van der Waals surface area contributed by atoms with E-state index in [0.29, 0.717) is 6.54 Å². The van der Waals surface area contributed by atoms with E-state index in [1.54, 1.807) is 6.92 Å². The van der Waals surface area contributed by atoms with Crippen molar-refractivity contribution in [1.82, 2.24) is 5.32 Å². The van der Waals surface area contributed by atoms with Gasteiger partial charge in [-0.1, -0.05) is 55.0 Å². The number of hydrogen-bond acceptors (Lipinski definition) is 3. The Bertz CT molecular complexity index is 687. The lowest BCUT2D eigenvalue weighted by Gasteiger charge is -2.16. The highest BCUT2D eigenvalue weighted by Gasteiger charge is 2.15. The molecule has 0 unspecified atom stereocenters. The summed E-state index contributed by atoms with van der Waals surface area (Å²) in [5, 5.41) is 2.95. The van der Waals surface area contributed by atoms with Crippen molar-refractivity contribution >= 4 is 17.7 Å². The first-order valence-corrected chi connectivity index (χ1v) is 9.91. The Labute approximate surface area is 155 Å². The van der Waals surface area contributed by atoms with Crippen molar-refractivity contribution in [2.45, 2.75) is 39.0 Å². The molecule has 0 saturated heterocycles. The minimum Gasteiger partial charge on any atom is -0.481 e. The lowest BCUT2D eigenvalue weighted by atomic mass is 10.1. The predicted molar refractivity (Wildman–Crippen MR) is 106 cm³/mol. The van der Waals surface area contributed by atoms with Crippen molar-refractivity contribution in [2.24, 2.45) is 0 Å². The lowest BCUT2D eigenvalue weighted by molar-refractivity contribution is -0.127. The Morgan fingerprint density at radius 3 is 2.76 bits per heavy atom. The topological polar surface area (TPSA) is 38.3 Å². The highest BCUT2D eigenvalue weighted by atomic mass is 32.2. The molecule has 0 fully saturated rings. The number of amides is 1. The summed E-state index contributed by atoms with van der Waals surface area (Å²) < 4.78 is 5.82. The van der Waals surface area contributed by atoms with Gasteiger partial charge in [0, 0.05) is 18.1 Å². The minimum atomic E-state index is -0.491. The monoisotopic (exact) mass is 357 g/mol. The maximum Gasteiger partial charge on any atom is 0.260 e. The van der Waals surface area contributed by atoms with Crippen LogP contribution < -0.4 is 10.1 Å². The van der Waals surface area contributed by atoms with Crippen LogP contribution in [-0.2, 0) is 17.0 Å². The van der Waals surface area contributed by atoms with E-state index in [1.165, 1.54) is 11.1 Å². The Hall–Kier alpha value is -1.94. The first-order valence-electron chi connectivity index (χ1n) is 8.75. The molecule has 0 aliphatic carbocycles. The zero-order chi connectivity index (χ0) is 18.1. The van der Waals surface area contributed by atoms with Gasteiger partial charge in [0.2, 0.25) is 0 Å². The van der Waals surface area contributed by atoms with Crippen LogP contribution in [0.15, 0.2) is 48.5 Å². The molecule has 2 aromatic rings. The fourth-order valence-corrected chi connectivity index (χ4v) is 3.34. The number of hydrogen-bond donors (Lipinski definition) is 1. The molecule has 134 valence electrons. The number of carbonyl (C=O) groups is 1. The molecule has 25 heavy (non-hydrogen) atoms. The molecule has 0 bridgehead atoms. The van der Waals surface area contributed by atoms with E-state index in [-0.39, 0.29) is 5.91 Å². The second-order valence-electron chi connectivity index (χ2n) is 6.05. The maximum atomic E-state index is 12.2. The number of nitrogens with one attached hydrogen (secondary N) is 1. The average Bonchev–Trinajstić information content (AvgIpc) is 2.61. The zero-order valence-corrected chi connectivity index (χ0v) is 16.1. The fourth-order valence-electron chi connectivity index (χ4n) is 2.54. The smallest absolute Gasteiger partial charge is 0.260 e. The number of benzene rings is 2. The average molecular weight is 358 g/mol. The summed E-state index contributed by atoms with van der Waals surface area (Å²) in [6.07, 6.45) is 0.398. The van der Waals surface area contributed by atoms with Crippen LogP contribution in [-0.4, -0.2) is 24.3 Å². The van der Waals surface area contributed by atoms with Crippen LogP contribution in [0.3, 0.4) is 0 Å². The maximum absolute atomic E-state index is 12.2. The van der Waals surface area contributed by atoms with Gasteiger partial charge in [-0.2, -0.15) is 11.8 Å². The van der Waals surface area contributed by atoms with Gasteiger partial charge in [-0.15, -0.1) is 0 Å². The molecule has 1 amide bonds. The van der Waals surface area contributed by atoms with Crippen LogP contribution in [0.4, 0.5) is 0 Å². The first kappa shape index (κ1) is 19.4. The number of thioether (sulfide) groups is 1. The summed E-state index contributed by atoms with van der Waals surface area (Å²) >= 11 is 1.82. The second kappa shape index (κ2) is 10.1. The van der Waals surface area contributed by atoms with Gasteiger partial charge < -0.3 is 10.1 Å². The molecule has 0 saturated carbocycles. The van der Waals surface area contributed by atoms with E-state index in [9.17, 15) is 4.79 Å². The molecule has 1 atom stereocenters. The molecule has 4 heteroatoms. The van der Waals surface area contributed by atoms with Crippen molar-refractivity contribution in [3.8, 4) is 5.75 Å². The number of ether oxygens (including phenoxy) is 1. The SMILES string of the molecule is CCc1ccccc1O[C@@H](C)C(=O)NCCSCc1cccc(C)c1. The van der Waals surface area contributed by atoms with Gasteiger partial charge in [-0.05, 0) is 37.5 Å². The van der Waals surface area contributed by atoms with Gasteiger partial charge in [0.05, 0.1) is 0 Å². The highest BCUT2D eigenvalue weighted by molar-refractivity contribution is 7.98. The van der Waals surface area contributed by atoms with Crippen molar-refractivity contribution in [1.29, 1.82) is 0 Å². The normalized spacial score (nSPS) is 11.8. The Morgan fingerprint density at radius 2 is 2.00 bits per heavy atom. The number of aryl methyl sites for hydroxylation is 2. The van der Waals surface area contributed by atoms with Gasteiger partial charge in [0.1, 0.15) is 5.75 Å². The predicted octanol–water partition coefficient (Wildman–Crippen LogP) is 4.37. The molecule has 0 aliphatic rings. The van der Waals surface area contributed by atoms with E-state index in [4.69, 9.17) is 4.74 Å². The summed E-state index contributed by atoms with van der Waals surface area (Å²) in [7, 11) is 0. The summed E-state index contributed by atoms with van der Waals surface area (Å²) in [6, 6.07) is 16.4. The second-order valence-corrected chi connectivity index (χ2v) is 7.16. The Kier molecular flexibility index (Phi) is 7.86. The summed E-state index contributed by atoms with van der Waals surface area (Å²) in [5.41, 5.74) is 3.73. The van der Waals surface area contributed by atoms with E-state index in [2.05, 4.69) is 43.4 Å². The summed E-state index contributed by atoms with van der Waals surface area (Å²) in [6.45, 7) is 6.63. The molecule has 3 nitrogen and oxygen atoms in total. The third-order valence-electron chi connectivity index (χ3n) is 3.92. The van der Waals surface area contributed by atoms with Gasteiger partial charge in [-0.3, -0.25) is 4.79 Å². The van der Waals surface area contributed by atoms with E-state index >= 15 is 0 Å². The zero-order valence-electron chi connectivity index (χ0n) is 15.2. The molecule has 2 rings (SSSR count). The Morgan fingerprint density at radius 1 is 1.20 bits per heavy atom. The third-order valence-corrected chi connectivity index (χ3v) is 4.95. The minimum absolute atomic E-state index is 0.0675. The molecule has 0 spiro atoms. The van der Waals surface area contributed by atoms with Crippen LogP contribution in [0.5, 0.6) is 5.75 Å². The van der Waals surface area contributed by atoms with Crippen LogP contribution >= 0.6 is 11.8 Å². The largest absolute Gasteiger partial charge is 0.481 e. The van der Waals surface area contributed by atoms with Gasteiger partial charge in [0.25, 0.3) is 5.91 Å². The van der Waals surface area contributed by atoms with Crippen LogP contribution in [0.25, 0.3) is 0 Å². The van der Waals surface area contributed by atoms with E-state index in [1.807, 2.05) is 36.0 Å². The van der Waals surface area contributed by atoms with Crippen molar-refractivity contribution < 1.29 is 9.53 Å². The molecule has 0 radical (unpaired) electrons. The lowest BCUT2D eigenvalue weighted by Crippen LogP contribution is -2.37. The molecule has 0 heterocycles. The van der Waals surface area contributed by atoms with Crippen LogP contribution in [0, 0.1) is 6.92 Å². The van der Waals surface area contributed by atoms with Crippen LogP contribution in [0.1, 0.15) is 30.5 Å². The highest BCUT2D eigenvalue weighted by Crippen LogP contribution is 2.19. The quantitative estimate of drug-likeness (QED) is 0.677. The molecule has 0 aliphatic heterocycles. The number of rotatable bonds is 9. The standard InChI is InChI=1S/C21H27NO2S/c1-4-19-10-5-6-11-20(19)24-17(3)21(23)22-12-13-25-15-18-9-7-8-16(2)14-18/h5-11,14,17H,4,12-13,15H2,1-3H3,(H,22,23)/t17-/m0/s1. The summed E-state index contributed by atoms with van der Waals surface area (Å²) in [4.78, 5) is 12.2. The third kappa shape index (κ3) is 6.46. The number of para-hydroxylation sites is 1. The van der Waals surface area contributed by atoms with E-state index in [0.717, 1.165) is 29.2 Å². The van der Waals surface area contributed by atoms with Crippen molar-refractivity contribution in [3.05, 3.63) is 65.2 Å². The molecular formula is C21H27NO2S. The fraction of sp³-hybridized carbons (Fsp3) is 0.381. The van der Waals surface area contributed by atoms with Crippen LogP contribution in [0.2, 0.25) is 0 Å². The number of carbonyl (C=O) groups excluding carboxylic acids is 1. The molecular weight excluding hydrogens is 330 g/mol. The van der Waals surface area contributed by atoms with Gasteiger partial charge >= 0.3 is 0 Å².